The minimum absolute atomic E-state index is 0.133. The zero-order chi connectivity index (χ0) is 13.6. The molecule has 0 bridgehead atoms. The lowest BCUT2D eigenvalue weighted by Crippen LogP contribution is -2.54. The second kappa shape index (κ2) is 6.83. The van der Waals surface area contributed by atoms with Gasteiger partial charge < -0.3 is 16.2 Å². The maximum Gasteiger partial charge on any atom is 0.126 e. The minimum atomic E-state index is -0.364. The van der Waals surface area contributed by atoms with E-state index >= 15 is 0 Å². The number of benzene rings is 1. The molecule has 1 aromatic carbocycles. The van der Waals surface area contributed by atoms with Crippen molar-refractivity contribution in [3.05, 3.63) is 35.6 Å². The van der Waals surface area contributed by atoms with E-state index in [2.05, 4.69) is 5.32 Å². The molecule has 0 saturated heterocycles. The Morgan fingerprint density at radius 3 is 2.67 bits per heavy atom. The van der Waals surface area contributed by atoms with E-state index in [1.165, 1.54) is 6.07 Å². The van der Waals surface area contributed by atoms with Crippen molar-refractivity contribution >= 4 is 0 Å². The van der Waals surface area contributed by atoms with Crippen molar-refractivity contribution in [2.24, 2.45) is 5.73 Å². The molecule has 1 rings (SSSR count). The van der Waals surface area contributed by atoms with Crippen LogP contribution in [-0.4, -0.2) is 29.8 Å². The van der Waals surface area contributed by atoms with E-state index in [0.717, 1.165) is 0 Å². The Kier molecular flexibility index (Phi) is 5.72. The predicted molar refractivity (Wildman–Crippen MR) is 71.9 cm³/mol. The van der Waals surface area contributed by atoms with Gasteiger partial charge in [-0.1, -0.05) is 18.2 Å². The lowest BCUT2D eigenvalue weighted by Gasteiger charge is -2.33. The summed E-state index contributed by atoms with van der Waals surface area (Å²) in [5.74, 6) is -0.200. The number of aliphatic hydroxyl groups excluding tert-OH is 1. The lowest BCUT2D eigenvalue weighted by atomic mass is 9.91. The van der Waals surface area contributed by atoms with Crippen LogP contribution in [0.1, 0.15) is 25.8 Å². The fourth-order valence-corrected chi connectivity index (χ4v) is 2.10. The number of halogens is 1. The summed E-state index contributed by atoms with van der Waals surface area (Å²) >= 11 is 0. The SMILES string of the molecule is CC(CCO)NC(C)(CN)Cc1ccccc1F. The monoisotopic (exact) mass is 254 g/mol. The van der Waals surface area contributed by atoms with E-state index in [9.17, 15) is 4.39 Å². The van der Waals surface area contributed by atoms with Gasteiger partial charge in [-0.25, -0.2) is 4.39 Å². The number of hydrogen-bond acceptors (Lipinski definition) is 3. The van der Waals surface area contributed by atoms with Crippen LogP contribution in [0.5, 0.6) is 0 Å². The van der Waals surface area contributed by atoms with E-state index in [0.29, 0.717) is 24.9 Å². The van der Waals surface area contributed by atoms with Gasteiger partial charge in [0.2, 0.25) is 0 Å². The molecule has 0 spiro atoms. The van der Waals surface area contributed by atoms with Crippen LogP contribution in [0.2, 0.25) is 0 Å². The highest BCUT2D eigenvalue weighted by Crippen LogP contribution is 2.16. The summed E-state index contributed by atoms with van der Waals surface area (Å²) in [5, 5.41) is 12.3. The molecule has 4 heteroatoms. The molecule has 0 aliphatic carbocycles. The molecule has 0 aliphatic heterocycles. The molecular weight excluding hydrogens is 231 g/mol. The van der Waals surface area contributed by atoms with Crippen LogP contribution in [0, 0.1) is 5.82 Å². The van der Waals surface area contributed by atoms with Gasteiger partial charge in [-0.3, -0.25) is 0 Å². The average molecular weight is 254 g/mol. The third-order valence-electron chi connectivity index (χ3n) is 3.15. The number of aliphatic hydroxyl groups is 1. The van der Waals surface area contributed by atoms with Crippen molar-refractivity contribution in [2.45, 2.75) is 38.3 Å². The second-order valence-electron chi connectivity index (χ2n) is 5.09. The van der Waals surface area contributed by atoms with Gasteiger partial charge in [0.25, 0.3) is 0 Å². The number of nitrogens with one attached hydrogen (secondary N) is 1. The van der Waals surface area contributed by atoms with Crippen LogP contribution in [0.25, 0.3) is 0 Å². The summed E-state index contributed by atoms with van der Waals surface area (Å²) in [7, 11) is 0. The van der Waals surface area contributed by atoms with E-state index in [1.807, 2.05) is 19.9 Å². The fourth-order valence-electron chi connectivity index (χ4n) is 2.10. The second-order valence-corrected chi connectivity index (χ2v) is 5.09. The normalized spacial score (nSPS) is 16.3. The molecule has 0 amide bonds. The van der Waals surface area contributed by atoms with Crippen LogP contribution >= 0.6 is 0 Å². The molecule has 0 aliphatic rings. The molecule has 0 saturated carbocycles. The third-order valence-corrected chi connectivity index (χ3v) is 3.15. The van der Waals surface area contributed by atoms with Gasteiger partial charge in [-0.05, 0) is 38.3 Å². The summed E-state index contributed by atoms with van der Waals surface area (Å²) in [4.78, 5) is 0. The standard InChI is InChI=1S/C14H23FN2O/c1-11(7-8-18)17-14(2,10-16)9-12-5-3-4-6-13(12)15/h3-6,11,17-18H,7-10,16H2,1-2H3. The third kappa shape index (κ3) is 4.37. The Morgan fingerprint density at radius 2 is 2.11 bits per heavy atom. The summed E-state index contributed by atoms with van der Waals surface area (Å²) in [6.45, 7) is 4.52. The zero-order valence-corrected chi connectivity index (χ0v) is 11.1. The average Bonchev–Trinajstić information content (AvgIpc) is 2.32. The first kappa shape index (κ1) is 15.1. The number of hydrogen-bond donors (Lipinski definition) is 3. The van der Waals surface area contributed by atoms with E-state index < -0.39 is 0 Å². The van der Waals surface area contributed by atoms with Gasteiger partial charge in [0.1, 0.15) is 5.82 Å². The van der Waals surface area contributed by atoms with Crippen LogP contribution in [-0.2, 0) is 6.42 Å². The van der Waals surface area contributed by atoms with E-state index in [1.54, 1.807) is 12.1 Å². The minimum Gasteiger partial charge on any atom is -0.396 e. The van der Waals surface area contributed by atoms with Gasteiger partial charge in [0.05, 0.1) is 0 Å². The van der Waals surface area contributed by atoms with Crippen molar-refractivity contribution in [2.75, 3.05) is 13.2 Å². The first-order valence-corrected chi connectivity index (χ1v) is 6.33. The molecule has 1 aromatic rings. The maximum absolute atomic E-state index is 13.6. The van der Waals surface area contributed by atoms with Crippen molar-refractivity contribution < 1.29 is 9.50 Å². The van der Waals surface area contributed by atoms with Crippen molar-refractivity contribution in [1.82, 2.24) is 5.32 Å². The smallest absolute Gasteiger partial charge is 0.126 e. The Bertz CT molecular complexity index is 373. The molecule has 0 fully saturated rings. The first-order valence-electron chi connectivity index (χ1n) is 6.33. The topological polar surface area (TPSA) is 58.3 Å². The largest absolute Gasteiger partial charge is 0.396 e. The van der Waals surface area contributed by atoms with Crippen LogP contribution in [0.4, 0.5) is 4.39 Å². The quantitative estimate of drug-likeness (QED) is 0.690. The zero-order valence-electron chi connectivity index (χ0n) is 11.1. The molecule has 102 valence electrons. The van der Waals surface area contributed by atoms with E-state index in [-0.39, 0.29) is 24.0 Å². The van der Waals surface area contributed by atoms with E-state index in [4.69, 9.17) is 10.8 Å². The molecule has 18 heavy (non-hydrogen) atoms. The van der Waals surface area contributed by atoms with Crippen LogP contribution in [0.15, 0.2) is 24.3 Å². The number of nitrogens with two attached hydrogens (primary N) is 1. The Balaban J connectivity index is 2.73. The molecule has 0 aromatic heterocycles. The summed E-state index contributed by atoms with van der Waals surface area (Å²) < 4.78 is 13.6. The first-order chi connectivity index (χ1) is 8.50. The fraction of sp³-hybridized carbons (Fsp3) is 0.571. The highest BCUT2D eigenvalue weighted by atomic mass is 19.1. The Morgan fingerprint density at radius 1 is 1.44 bits per heavy atom. The molecule has 2 atom stereocenters. The molecule has 0 radical (unpaired) electrons. The van der Waals surface area contributed by atoms with Crippen LogP contribution < -0.4 is 11.1 Å². The molecular formula is C14H23FN2O. The van der Waals surface area contributed by atoms with Gasteiger partial charge >= 0.3 is 0 Å². The highest BCUT2D eigenvalue weighted by Gasteiger charge is 2.25. The molecule has 0 heterocycles. The van der Waals surface area contributed by atoms with Gasteiger partial charge in [0.15, 0.2) is 0 Å². The summed E-state index contributed by atoms with van der Waals surface area (Å²) in [6.07, 6.45) is 1.19. The summed E-state index contributed by atoms with van der Waals surface area (Å²) in [5.41, 5.74) is 6.10. The van der Waals surface area contributed by atoms with Gasteiger partial charge in [-0.15, -0.1) is 0 Å². The molecule has 3 nitrogen and oxygen atoms in total. The van der Waals surface area contributed by atoms with Crippen molar-refractivity contribution in [3.8, 4) is 0 Å². The summed E-state index contributed by atoms with van der Waals surface area (Å²) in [6, 6.07) is 6.90. The Hall–Kier alpha value is -0.970. The predicted octanol–water partition coefficient (Wildman–Crippen LogP) is 1.45. The van der Waals surface area contributed by atoms with Gasteiger partial charge in [0, 0.05) is 24.7 Å². The van der Waals surface area contributed by atoms with Crippen molar-refractivity contribution in [1.29, 1.82) is 0 Å². The van der Waals surface area contributed by atoms with Crippen LogP contribution in [0.3, 0.4) is 0 Å². The van der Waals surface area contributed by atoms with Gasteiger partial charge in [-0.2, -0.15) is 0 Å². The Labute approximate surface area is 108 Å². The maximum atomic E-state index is 13.6. The number of rotatable bonds is 7. The van der Waals surface area contributed by atoms with Crippen molar-refractivity contribution in [3.63, 3.8) is 0 Å². The highest BCUT2D eigenvalue weighted by molar-refractivity contribution is 5.20. The lowest BCUT2D eigenvalue weighted by molar-refractivity contribution is 0.242. The molecule has 2 unspecified atom stereocenters. The molecule has 4 N–H and O–H groups in total.